The molecule has 2 amide bonds. The molecule has 5 rings (SSSR count). The van der Waals surface area contributed by atoms with Crippen molar-refractivity contribution in [2.24, 2.45) is 0 Å². The predicted octanol–water partition coefficient (Wildman–Crippen LogP) is 3.73. The van der Waals surface area contributed by atoms with Gasteiger partial charge in [-0.2, -0.15) is 5.10 Å². The van der Waals surface area contributed by atoms with Crippen LogP contribution in [0.3, 0.4) is 0 Å². The number of aromatic nitrogens is 3. The molecule has 0 bridgehead atoms. The Balaban J connectivity index is 1.32. The van der Waals surface area contributed by atoms with Crippen molar-refractivity contribution in [2.45, 2.75) is 51.1 Å². The zero-order valence-corrected chi connectivity index (χ0v) is 18.7. The molecule has 4 heterocycles. The van der Waals surface area contributed by atoms with Crippen LogP contribution in [0, 0.1) is 0 Å². The van der Waals surface area contributed by atoms with Crippen LogP contribution >= 0.6 is 11.6 Å². The van der Waals surface area contributed by atoms with E-state index in [2.05, 4.69) is 36.2 Å². The standard InChI is InChI=1S/C23H26ClN5O2/c1-22(2,3)29-13-15-11-23(26-20(30)19(15)27-29)6-8-28(9-7-23)21(31)14-4-5-18-16(10-14)17(24)12-25-18/h4-5,10,12-13,25H,6-9,11H2,1-3H3,(H,26,30). The van der Waals surface area contributed by atoms with E-state index >= 15 is 0 Å². The third kappa shape index (κ3) is 3.41. The fourth-order valence-corrected chi connectivity index (χ4v) is 4.84. The van der Waals surface area contributed by atoms with E-state index in [1.54, 1.807) is 6.20 Å². The first-order valence-corrected chi connectivity index (χ1v) is 11.0. The first-order chi connectivity index (χ1) is 14.7. The monoisotopic (exact) mass is 439 g/mol. The molecular formula is C23H26ClN5O2. The highest BCUT2D eigenvalue weighted by Crippen LogP contribution is 2.33. The second-order valence-corrected chi connectivity index (χ2v) is 10.1. The number of hydrogen-bond acceptors (Lipinski definition) is 3. The normalized spacial score (nSPS) is 18.3. The van der Waals surface area contributed by atoms with Crippen molar-refractivity contribution in [3.05, 3.63) is 52.4 Å². The van der Waals surface area contributed by atoms with Gasteiger partial charge in [0.05, 0.1) is 10.6 Å². The van der Waals surface area contributed by atoms with E-state index in [4.69, 9.17) is 11.6 Å². The third-order valence-corrected chi connectivity index (χ3v) is 6.80. The van der Waals surface area contributed by atoms with Gasteiger partial charge < -0.3 is 15.2 Å². The van der Waals surface area contributed by atoms with Gasteiger partial charge in [-0.3, -0.25) is 14.3 Å². The molecule has 31 heavy (non-hydrogen) atoms. The van der Waals surface area contributed by atoms with E-state index in [1.165, 1.54) is 0 Å². The van der Waals surface area contributed by atoms with Crippen LogP contribution < -0.4 is 5.32 Å². The zero-order valence-electron chi connectivity index (χ0n) is 18.0. The summed E-state index contributed by atoms with van der Waals surface area (Å²) in [5, 5.41) is 9.18. The number of fused-ring (bicyclic) bond motifs is 2. The van der Waals surface area contributed by atoms with Gasteiger partial charge in [0.25, 0.3) is 11.8 Å². The van der Waals surface area contributed by atoms with Crippen molar-refractivity contribution in [2.75, 3.05) is 13.1 Å². The van der Waals surface area contributed by atoms with Crippen molar-refractivity contribution in [1.29, 1.82) is 0 Å². The summed E-state index contributed by atoms with van der Waals surface area (Å²) in [5.41, 5.74) is 2.56. The van der Waals surface area contributed by atoms with Crippen LogP contribution in [-0.4, -0.2) is 50.1 Å². The number of nitrogens with one attached hydrogen (secondary N) is 2. The van der Waals surface area contributed by atoms with Gasteiger partial charge >= 0.3 is 0 Å². The van der Waals surface area contributed by atoms with Gasteiger partial charge in [0.2, 0.25) is 0 Å². The highest BCUT2D eigenvalue weighted by molar-refractivity contribution is 6.35. The first kappa shape index (κ1) is 20.1. The Hall–Kier alpha value is -2.80. The largest absolute Gasteiger partial charge is 0.360 e. The fraction of sp³-hybridized carbons (Fsp3) is 0.435. The van der Waals surface area contributed by atoms with E-state index in [-0.39, 0.29) is 22.9 Å². The molecule has 0 aliphatic carbocycles. The Kier molecular flexibility index (Phi) is 4.45. The second kappa shape index (κ2) is 6.85. The first-order valence-electron chi connectivity index (χ1n) is 10.6. The number of aromatic amines is 1. The minimum Gasteiger partial charge on any atom is -0.360 e. The van der Waals surface area contributed by atoms with Crippen molar-refractivity contribution < 1.29 is 9.59 Å². The van der Waals surface area contributed by atoms with Gasteiger partial charge in [-0.15, -0.1) is 0 Å². The summed E-state index contributed by atoms with van der Waals surface area (Å²) in [6.07, 6.45) is 5.92. The van der Waals surface area contributed by atoms with Gasteiger partial charge in [-0.25, -0.2) is 0 Å². The maximum absolute atomic E-state index is 13.1. The molecule has 0 atom stereocenters. The number of halogens is 1. The zero-order chi connectivity index (χ0) is 22.0. The summed E-state index contributed by atoms with van der Waals surface area (Å²) in [6.45, 7) is 7.41. The molecule has 1 saturated heterocycles. The summed E-state index contributed by atoms with van der Waals surface area (Å²) in [7, 11) is 0. The minimum absolute atomic E-state index is 0.00241. The van der Waals surface area contributed by atoms with Crippen molar-refractivity contribution >= 4 is 34.3 Å². The molecule has 3 aromatic rings. The van der Waals surface area contributed by atoms with Gasteiger partial charge in [-0.1, -0.05) is 11.6 Å². The average Bonchev–Trinajstić information content (AvgIpc) is 3.32. The maximum Gasteiger partial charge on any atom is 0.272 e. The molecule has 1 aromatic carbocycles. The number of carbonyl (C=O) groups is 2. The topological polar surface area (TPSA) is 83.0 Å². The van der Waals surface area contributed by atoms with E-state index in [1.807, 2.05) is 34.0 Å². The summed E-state index contributed by atoms with van der Waals surface area (Å²) in [5.74, 6) is -0.117. The molecule has 1 fully saturated rings. The number of likely N-dealkylation sites (tertiary alicyclic amines) is 1. The van der Waals surface area contributed by atoms with E-state index < -0.39 is 0 Å². The Labute approximate surface area is 185 Å². The Morgan fingerprint density at radius 1 is 1.23 bits per heavy atom. The number of piperidine rings is 1. The lowest BCUT2D eigenvalue weighted by Gasteiger charge is -2.44. The molecular weight excluding hydrogens is 414 g/mol. The van der Waals surface area contributed by atoms with Gasteiger partial charge in [0, 0.05) is 53.1 Å². The van der Waals surface area contributed by atoms with Crippen LogP contribution in [0.2, 0.25) is 5.02 Å². The van der Waals surface area contributed by atoms with Crippen LogP contribution in [0.4, 0.5) is 0 Å². The number of nitrogens with zero attached hydrogens (tertiary/aromatic N) is 3. The lowest BCUT2D eigenvalue weighted by molar-refractivity contribution is 0.0605. The predicted molar refractivity (Wildman–Crippen MR) is 120 cm³/mol. The lowest BCUT2D eigenvalue weighted by atomic mass is 9.79. The number of carbonyl (C=O) groups excluding carboxylic acids is 2. The number of hydrogen-bond donors (Lipinski definition) is 2. The Bertz CT molecular complexity index is 1190. The molecule has 0 unspecified atom stereocenters. The van der Waals surface area contributed by atoms with Crippen LogP contribution in [0.15, 0.2) is 30.6 Å². The molecule has 162 valence electrons. The Morgan fingerprint density at radius 2 is 1.97 bits per heavy atom. The third-order valence-electron chi connectivity index (χ3n) is 6.49. The van der Waals surface area contributed by atoms with E-state index in [0.717, 1.165) is 35.7 Å². The number of amides is 2. The van der Waals surface area contributed by atoms with Crippen LogP contribution in [0.25, 0.3) is 10.9 Å². The smallest absolute Gasteiger partial charge is 0.272 e. The Morgan fingerprint density at radius 3 is 2.68 bits per heavy atom. The van der Waals surface area contributed by atoms with E-state index in [0.29, 0.717) is 29.4 Å². The molecule has 7 nitrogen and oxygen atoms in total. The highest BCUT2D eigenvalue weighted by Gasteiger charge is 2.43. The SMILES string of the molecule is CC(C)(C)n1cc2c(n1)C(=O)NC1(CCN(C(=O)c3ccc4[nH]cc(Cl)c4c3)CC1)C2. The molecule has 1 spiro atoms. The summed E-state index contributed by atoms with van der Waals surface area (Å²) in [4.78, 5) is 30.8. The van der Waals surface area contributed by atoms with Gasteiger partial charge in [0.1, 0.15) is 0 Å². The number of H-pyrrole nitrogens is 1. The molecule has 0 radical (unpaired) electrons. The highest BCUT2D eigenvalue weighted by atomic mass is 35.5. The van der Waals surface area contributed by atoms with Crippen LogP contribution in [0.5, 0.6) is 0 Å². The molecule has 2 aromatic heterocycles. The van der Waals surface area contributed by atoms with Crippen LogP contribution in [0.1, 0.15) is 60.0 Å². The molecule has 0 saturated carbocycles. The van der Waals surface area contributed by atoms with Gasteiger partial charge in [-0.05, 0) is 58.2 Å². The molecule has 8 heteroatoms. The summed E-state index contributed by atoms with van der Waals surface area (Å²) >= 11 is 6.21. The molecule has 2 N–H and O–H groups in total. The second-order valence-electron chi connectivity index (χ2n) is 9.72. The molecule has 2 aliphatic rings. The lowest BCUT2D eigenvalue weighted by Crippen LogP contribution is -2.59. The summed E-state index contributed by atoms with van der Waals surface area (Å²) in [6, 6.07) is 5.56. The van der Waals surface area contributed by atoms with Crippen molar-refractivity contribution in [3.8, 4) is 0 Å². The van der Waals surface area contributed by atoms with Crippen molar-refractivity contribution in [1.82, 2.24) is 25.0 Å². The summed E-state index contributed by atoms with van der Waals surface area (Å²) < 4.78 is 1.87. The molecule has 2 aliphatic heterocycles. The number of benzene rings is 1. The van der Waals surface area contributed by atoms with Crippen molar-refractivity contribution in [3.63, 3.8) is 0 Å². The van der Waals surface area contributed by atoms with E-state index in [9.17, 15) is 9.59 Å². The fourth-order valence-electron chi connectivity index (χ4n) is 4.62. The number of rotatable bonds is 1. The quantitative estimate of drug-likeness (QED) is 0.606. The minimum atomic E-state index is -0.319. The van der Waals surface area contributed by atoms with Gasteiger partial charge in [0.15, 0.2) is 5.69 Å². The maximum atomic E-state index is 13.1. The van der Waals surface area contributed by atoms with Crippen LogP contribution in [-0.2, 0) is 12.0 Å². The average molecular weight is 440 g/mol.